The van der Waals surface area contributed by atoms with Gasteiger partial charge in [-0.2, -0.15) is 0 Å². The number of H-pyrrole nitrogens is 1. The standard InChI is InChI=1S/C13H9ClN4O2/c1-7-11(16-5-4-15-7)18-10-6-8(14)2-3-9(10)17-12(19)13(18)20/h2-6H,1H3,(H,17,19). The minimum Gasteiger partial charge on any atom is -0.316 e. The average Bonchev–Trinajstić information content (AvgIpc) is 2.42. The molecule has 0 atom stereocenters. The maximum absolute atomic E-state index is 12.2. The molecule has 1 aromatic carbocycles. The van der Waals surface area contributed by atoms with Crippen molar-refractivity contribution in [3.05, 3.63) is 62.0 Å². The summed E-state index contributed by atoms with van der Waals surface area (Å²) < 4.78 is 1.22. The normalized spacial score (nSPS) is 10.9. The maximum atomic E-state index is 12.2. The van der Waals surface area contributed by atoms with Crippen LogP contribution in [0.15, 0.2) is 40.2 Å². The molecule has 0 radical (unpaired) electrons. The van der Waals surface area contributed by atoms with E-state index in [1.54, 1.807) is 25.1 Å². The van der Waals surface area contributed by atoms with Crippen LogP contribution in [0.2, 0.25) is 5.02 Å². The van der Waals surface area contributed by atoms with Gasteiger partial charge in [0.1, 0.15) is 0 Å². The van der Waals surface area contributed by atoms with Crippen LogP contribution >= 0.6 is 11.6 Å². The van der Waals surface area contributed by atoms with E-state index in [1.807, 2.05) is 0 Å². The molecule has 0 amide bonds. The predicted octanol–water partition coefficient (Wildman–Crippen LogP) is 1.43. The zero-order chi connectivity index (χ0) is 14.3. The van der Waals surface area contributed by atoms with Gasteiger partial charge in [0.05, 0.1) is 16.7 Å². The van der Waals surface area contributed by atoms with Crippen LogP contribution in [0.4, 0.5) is 0 Å². The monoisotopic (exact) mass is 288 g/mol. The Hall–Kier alpha value is -2.47. The Labute approximate surface area is 117 Å². The van der Waals surface area contributed by atoms with Gasteiger partial charge in [0.25, 0.3) is 0 Å². The fraction of sp³-hybridized carbons (Fsp3) is 0.0769. The first kappa shape index (κ1) is 12.6. The van der Waals surface area contributed by atoms with E-state index in [2.05, 4.69) is 15.0 Å². The molecule has 0 unspecified atom stereocenters. The van der Waals surface area contributed by atoms with Gasteiger partial charge in [-0.15, -0.1) is 0 Å². The predicted molar refractivity (Wildman–Crippen MR) is 75.5 cm³/mol. The molecule has 0 aliphatic heterocycles. The van der Waals surface area contributed by atoms with Crippen molar-refractivity contribution in [3.63, 3.8) is 0 Å². The van der Waals surface area contributed by atoms with Crippen molar-refractivity contribution < 1.29 is 0 Å². The third kappa shape index (κ3) is 1.90. The van der Waals surface area contributed by atoms with E-state index in [0.717, 1.165) is 0 Å². The Morgan fingerprint density at radius 1 is 1.20 bits per heavy atom. The Morgan fingerprint density at radius 2 is 1.95 bits per heavy atom. The lowest BCUT2D eigenvalue weighted by Gasteiger charge is -2.10. The lowest BCUT2D eigenvalue weighted by atomic mass is 10.3. The molecular weight excluding hydrogens is 280 g/mol. The van der Waals surface area contributed by atoms with E-state index in [1.165, 1.54) is 17.0 Å². The van der Waals surface area contributed by atoms with E-state index >= 15 is 0 Å². The number of rotatable bonds is 1. The number of aromatic amines is 1. The molecular formula is C13H9ClN4O2. The first-order valence-corrected chi connectivity index (χ1v) is 6.18. The fourth-order valence-electron chi connectivity index (χ4n) is 2.01. The molecule has 100 valence electrons. The molecule has 2 heterocycles. The molecule has 1 N–H and O–H groups in total. The lowest BCUT2D eigenvalue weighted by molar-refractivity contribution is 0.909. The van der Waals surface area contributed by atoms with Crippen molar-refractivity contribution in [3.8, 4) is 5.82 Å². The molecule has 3 aromatic rings. The summed E-state index contributed by atoms with van der Waals surface area (Å²) in [6.45, 7) is 1.71. The first-order valence-electron chi connectivity index (χ1n) is 5.80. The minimum atomic E-state index is -0.719. The zero-order valence-corrected chi connectivity index (χ0v) is 11.2. The molecule has 0 saturated heterocycles. The lowest BCUT2D eigenvalue weighted by Crippen LogP contribution is -2.36. The van der Waals surface area contributed by atoms with Crippen LogP contribution in [0.5, 0.6) is 0 Å². The number of aromatic nitrogens is 4. The van der Waals surface area contributed by atoms with Crippen molar-refractivity contribution in [1.29, 1.82) is 0 Å². The molecule has 0 aliphatic carbocycles. The molecule has 0 aliphatic rings. The summed E-state index contributed by atoms with van der Waals surface area (Å²) in [6.07, 6.45) is 2.98. The topological polar surface area (TPSA) is 80.6 Å². The van der Waals surface area contributed by atoms with Gasteiger partial charge < -0.3 is 4.98 Å². The molecule has 0 saturated carbocycles. The van der Waals surface area contributed by atoms with Crippen LogP contribution in [0.3, 0.4) is 0 Å². The highest BCUT2D eigenvalue weighted by Crippen LogP contribution is 2.18. The van der Waals surface area contributed by atoms with Gasteiger partial charge in [-0.05, 0) is 25.1 Å². The molecule has 3 rings (SSSR count). The van der Waals surface area contributed by atoms with Gasteiger partial charge in [0.15, 0.2) is 5.82 Å². The quantitative estimate of drug-likeness (QED) is 0.687. The van der Waals surface area contributed by atoms with E-state index in [-0.39, 0.29) is 0 Å². The number of halogens is 1. The van der Waals surface area contributed by atoms with Gasteiger partial charge >= 0.3 is 11.1 Å². The van der Waals surface area contributed by atoms with Gasteiger partial charge in [0, 0.05) is 17.4 Å². The number of nitrogens with one attached hydrogen (secondary N) is 1. The molecule has 0 spiro atoms. The third-order valence-electron chi connectivity index (χ3n) is 2.91. The van der Waals surface area contributed by atoms with E-state index in [0.29, 0.717) is 27.6 Å². The van der Waals surface area contributed by atoms with E-state index in [4.69, 9.17) is 11.6 Å². The van der Waals surface area contributed by atoms with Crippen LogP contribution in [-0.2, 0) is 0 Å². The summed E-state index contributed by atoms with van der Waals surface area (Å²) in [6, 6.07) is 4.88. The number of hydrogen-bond donors (Lipinski definition) is 1. The van der Waals surface area contributed by atoms with Gasteiger partial charge in [-0.1, -0.05) is 11.6 Å². The van der Waals surface area contributed by atoms with Crippen LogP contribution in [0.25, 0.3) is 16.9 Å². The fourth-order valence-corrected chi connectivity index (χ4v) is 2.18. The van der Waals surface area contributed by atoms with Crippen molar-refractivity contribution in [2.75, 3.05) is 0 Å². The molecule has 2 aromatic heterocycles. The van der Waals surface area contributed by atoms with Crippen molar-refractivity contribution in [1.82, 2.24) is 19.5 Å². The highest BCUT2D eigenvalue weighted by atomic mass is 35.5. The second kappa shape index (κ2) is 4.57. The SMILES string of the molecule is Cc1nccnc1-n1c(=O)c(=O)[nH]c2ccc(Cl)cc21. The summed E-state index contributed by atoms with van der Waals surface area (Å²) in [7, 11) is 0. The number of aryl methyl sites for hydroxylation is 1. The number of nitrogens with zero attached hydrogens (tertiary/aromatic N) is 3. The summed E-state index contributed by atoms with van der Waals surface area (Å²) in [4.78, 5) is 34.7. The van der Waals surface area contributed by atoms with Gasteiger partial charge in [-0.3, -0.25) is 19.1 Å². The van der Waals surface area contributed by atoms with Crippen LogP contribution in [0.1, 0.15) is 5.69 Å². The van der Waals surface area contributed by atoms with Crippen LogP contribution in [-0.4, -0.2) is 19.5 Å². The first-order chi connectivity index (χ1) is 9.58. The average molecular weight is 289 g/mol. The van der Waals surface area contributed by atoms with E-state index < -0.39 is 11.1 Å². The summed E-state index contributed by atoms with van der Waals surface area (Å²) in [5.74, 6) is 0.316. The van der Waals surface area contributed by atoms with Gasteiger partial charge in [0.2, 0.25) is 0 Å². The molecule has 0 bridgehead atoms. The van der Waals surface area contributed by atoms with Crippen molar-refractivity contribution >= 4 is 22.6 Å². The number of fused-ring (bicyclic) bond motifs is 1. The molecule has 20 heavy (non-hydrogen) atoms. The van der Waals surface area contributed by atoms with Crippen molar-refractivity contribution in [2.45, 2.75) is 6.92 Å². The third-order valence-corrected chi connectivity index (χ3v) is 3.15. The summed E-state index contributed by atoms with van der Waals surface area (Å²) in [5.41, 5.74) is 0.0875. The second-order valence-electron chi connectivity index (χ2n) is 4.22. The Morgan fingerprint density at radius 3 is 2.70 bits per heavy atom. The number of benzene rings is 1. The molecule has 0 fully saturated rings. The largest absolute Gasteiger partial charge is 0.322 e. The van der Waals surface area contributed by atoms with Crippen LogP contribution in [0, 0.1) is 6.92 Å². The molecule has 6 nitrogen and oxygen atoms in total. The van der Waals surface area contributed by atoms with E-state index in [9.17, 15) is 9.59 Å². The van der Waals surface area contributed by atoms with Crippen LogP contribution < -0.4 is 11.1 Å². The Balaban J connectivity index is 2.54. The smallest absolute Gasteiger partial charge is 0.316 e. The Kier molecular flexibility index (Phi) is 2.87. The minimum absolute atomic E-state index is 0.316. The summed E-state index contributed by atoms with van der Waals surface area (Å²) in [5, 5.41) is 0.458. The number of hydrogen-bond acceptors (Lipinski definition) is 4. The maximum Gasteiger partial charge on any atom is 0.322 e. The highest BCUT2D eigenvalue weighted by molar-refractivity contribution is 6.31. The second-order valence-corrected chi connectivity index (χ2v) is 4.66. The highest BCUT2D eigenvalue weighted by Gasteiger charge is 2.13. The van der Waals surface area contributed by atoms with Crippen molar-refractivity contribution in [2.24, 2.45) is 0 Å². The van der Waals surface area contributed by atoms with Gasteiger partial charge in [-0.25, -0.2) is 4.98 Å². The molecule has 7 heteroatoms. The zero-order valence-electron chi connectivity index (χ0n) is 10.4. The summed E-state index contributed by atoms with van der Waals surface area (Å²) >= 11 is 5.97. The Bertz CT molecular complexity index is 930.